The molecule has 3 heterocycles. The third-order valence-corrected chi connectivity index (χ3v) is 7.18. The van der Waals surface area contributed by atoms with Gasteiger partial charge in [0.05, 0.1) is 40.7 Å². The van der Waals surface area contributed by atoms with Gasteiger partial charge in [-0.1, -0.05) is 53.2 Å². The van der Waals surface area contributed by atoms with Crippen molar-refractivity contribution in [3.63, 3.8) is 0 Å². The smallest absolute Gasteiger partial charge is 0.285 e. The predicted molar refractivity (Wildman–Crippen MR) is 156 cm³/mol. The molecule has 1 amide bonds. The van der Waals surface area contributed by atoms with E-state index in [1.165, 1.54) is 18.3 Å². The Morgan fingerprint density at radius 2 is 1.80 bits per heavy atom. The van der Waals surface area contributed by atoms with Crippen LogP contribution in [0.2, 0.25) is 5.15 Å². The minimum Gasteiger partial charge on any atom is -0.455 e. The summed E-state index contributed by atoms with van der Waals surface area (Å²) in [4.78, 5) is 30.8. The van der Waals surface area contributed by atoms with Gasteiger partial charge in [-0.2, -0.15) is 0 Å². The number of fused-ring (bicyclic) bond motifs is 1. The molecule has 0 bridgehead atoms. The van der Waals surface area contributed by atoms with Crippen LogP contribution < -0.4 is 15.5 Å². The van der Waals surface area contributed by atoms with Gasteiger partial charge >= 0.3 is 0 Å². The number of pyridine rings is 1. The molecule has 3 aromatic heterocycles. The summed E-state index contributed by atoms with van der Waals surface area (Å²) in [6, 6.07) is 15.4. The van der Waals surface area contributed by atoms with Gasteiger partial charge < -0.3 is 14.3 Å². The highest BCUT2D eigenvalue weighted by molar-refractivity contribution is 7.89. The molecular formula is C29H25ClN4O6S. The van der Waals surface area contributed by atoms with Crippen LogP contribution in [0.15, 0.2) is 74.5 Å². The van der Waals surface area contributed by atoms with Crippen molar-refractivity contribution in [2.24, 2.45) is 0 Å². The van der Waals surface area contributed by atoms with Crippen molar-refractivity contribution in [2.75, 3.05) is 11.6 Å². The van der Waals surface area contributed by atoms with Crippen molar-refractivity contribution >= 4 is 44.2 Å². The molecule has 5 aromatic rings. The van der Waals surface area contributed by atoms with E-state index in [0.717, 1.165) is 11.8 Å². The molecule has 210 valence electrons. The summed E-state index contributed by atoms with van der Waals surface area (Å²) in [5.41, 5.74) is 3.12. The van der Waals surface area contributed by atoms with E-state index >= 15 is 0 Å². The van der Waals surface area contributed by atoms with E-state index in [4.69, 9.17) is 20.5 Å². The number of sulfonamides is 1. The van der Waals surface area contributed by atoms with Crippen molar-refractivity contribution in [3.05, 3.63) is 98.8 Å². The topological polar surface area (TPSA) is 144 Å². The number of halogens is 1. The molecule has 1 atom stereocenters. The molecule has 41 heavy (non-hydrogen) atoms. The van der Waals surface area contributed by atoms with Crippen molar-refractivity contribution in [1.82, 2.24) is 14.9 Å². The zero-order valence-electron chi connectivity index (χ0n) is 22.5. The molecule has 10 nitrogen and oxygen atoms in total. The molecule has 0 saturated carbocycles. The fourth-order valence-corrected chi connectivity index (χ4v) is 5.21. The van der Waals surface area contributed by atoms with Gasteiger partial charge in [0.25, 0.3) is 5.91 Å². The van der Waals surface area contributed by atoms with E-state index in [9.17, 15) is 18.0 Å². The molecule has 12 heteroatoms. The highest BCUT2D eigenvalue weighted by atomic mass is 35.5. The lowest BCUT2D eigenvalue weighted by atomic mass is 9.96. The van der Waals surface area contributed by atoms with Gasteiger partial charge in [-0.25, -0.2) is 18.1 Å². The van der Waals surface area contributed by atoms with E-state index < -0.39 is 22.0 Å². The Morgan fingerprint density at radius 1 is 1.07 bits per heavy atom. The largest absolute Gasteiger partial charge is 0.455 e. The lowest BCUT2D eigenvalue weighted by molar-refractivity contribution is 0.0977. The average molecular weight is 593 g/mol. The normalized spacial score (nSPS) is 12.3. The Bertz CT molecular complexity index is 1970. The number of aryl methyl sites for hydroxylation is 2. The number of rotatable bonds is 7. The molecule has 0 spiro atoms. The number of nitrogens with one attached hydrogen (secondary N) is 2. The van der Waals surface area contributed by atoms with Crippen molar-refractivity contribution in [2.45, 2.75) is 26.8 Å². The summed E-state index contributed by atoms with van der Waals surface area (Å²) in [6.07, 6.45) is 2.36. The lowest BCUT2D eigenvalue weighted by Gasteiger charge is -2.20. The molecule has 0 fully saturated rings. The van der Waals surface area contributed by atoms with E-state index in [0.29, 0.717) is 44.7 Å². The first-order valence-electron chi connectivity index (χ1n) is 12.5. The van der Waals surface area contributed by atoms with Crippen LogP contribution in [0.25, 0.3) is 33.4 Å². The van der Waals surface area contributed by atoms with Gasteiger partial charge in [0, 0.05) is 11.1 Å². The van der Waals surface area contributed by atoms with Crippen LogP contribution in [0.3, 0.4) is 0 Å². The number of carbonyl (C=O) groups is 1. The molecule has 0 aliphatic carbocycles. The summed E-state index contributed by atoms with van der Waals surface area (Å²) in [5, 5.41) is 7.44. The number of hydrogen-bond donors (Lipinski definition) is 2. The number of hydrogen-bond acceptors (Lipinski definition) is 9. The van der Waals surface area contributed by atoms with E-state index in [-0.39, 0.29) is 22.0 Å². The average Bonchev–Trinajstić information content (AvgIpc) is 3.34. The highest BCUT2D eigenvalue weighted by Gasteiger charge is 2.25. The van der Waals surface area contributed by atoms with Crippen molar-refractivity contribution in [1.29, 1.82) is 0 Å². The van der Waals surface area contributed by atoms with E-state index in [2.05, 4.69) is 15.5 Å². The number of carbonyl (C=O) groups excluding carboxylic acids is 1. The summed E-state index contributed by atoms with van der Waals surface area (Å²) >= 11 is 6.02. The zero-order valence-corrected chi connectivity index (χ0v) is 24.1. The van der Waals surface area contributed by atoms with Gasteiger partial charge in [-0.3, -0.25) is 9.59 Å². The van der Waals surface area contributed by atoms with Gasteiger partial charge in [0.1, 0.15) is 22.3 Å². The number of aromatic nitrogens is 2. The van der Waals surface area contributed by atoms with Crippen LogP contribution >= 0.6 is 11.6 Å². The number of anilines is 1. The maximum Gasteiger partial charge on any atom is 0.285 e. The van der Waals surface area contributed by atoms with Crippen LogP contribution in [-0.4, -0.2) is 30.7 Å². The second kappa shape index (κ2) is 10.8. The van der Waals surface area contributed by atoms with Gasteiger partial charge in [-0.15, -0.1) is 0 Å². The lowest BCUT2D eigenvalue weighted by Crippen LogP contribution is -2.31. The number of benzene rings is 2. The molecular weight excluding hydrogens is 568 g/mol. The molecule has 5 rings (SSSR count). The summed E-state index contributed by atoms with van der Waals surface area (Å²) < 4.78 is 37.1. The van der Waals surface area contributed by atoms with E-state index in [1.807, 2.05) is 55.0 Å². The molecule has 0 aliphatic rings. The van der Waals surface area contributed by atoms with Crippen LogP contribution in [0.1, 0.15) is 40.3 Å². The third-order valence-electron chi connectivity index (χ3n) is 6.41. The van der Waals surface area contributed by atoms with Gasteiger partial charge in [0.2, 0.25) is 15.5 Å². The molecule has 2 aromatic carbocycles. The SMILES string of the molecule is Cc1cc([C@@H](C)Nc2ccc(Cl)nc2C(=O)NS(C)(=O)=O)c2oc(-c3ccccc3)c(-c3cnoc3C)c(=O)c2c1. The highest BCUT2D eigenvalue weighted by Crippen LogP contribution is 2.37. The van der Waals surface area contributed by atoms with Crippen molar-refractivity contribution < 1.29 is 22.2 Å². The summed E-state index contributed by atoms with van der Waals surface area (Å²) in [7, 11) is -3.85. The number of amides is 1. The minimum absolute atomic E-state index is 0.0120. The Morgan fingerprint density at radius 3 is 2.46 bits per heavy atom. The molecule has 0 radical (unpaired) electrons. The predicted octanol–water partition coefficient (Wildman–Crippen LogP) is 5.64. The molecule has 0 aliphatic heterocycles. The maximum absolute atomic E-state index is 14.1. The monoisotopic (exact) mass is 592 g/mol. The number of nitrogens with zero attached hydrogens (tertiary/aromatic N) is 2. The Kier molecular flexibility index (Phi) is 7.41. The zero-order chi connectivity index (χ0) is 29.5. The standard InChI is InChI=1S/C29H25ClN4O6S/c1-15-12-19(16(2)32-22-10-11-23(30)33-25(22)29(36)34-41(4,37)38)28-20(13-15)26(35)24(21-14-31-40-17(21)3)27(39-28)18-8-6-5-7-9-18/h5-14,16,32H,1-4H3,(H,34,36)/t16-/m1/s1. The minimum atomic E-state index is -3.85. The van der Waals surface area contributed by atoms with Crippen LogP contribution in [0.5, 0.6) is 0 Å². The van der Waals surface area contributed by atoms with Gasteiger partial charge in [0.15, 0.2) is 5.69 Å². The Balaban J connectivity index is 1.69. The fourth-order valence-electron chi connectivity index (χ4n) is 4.63. The van der Waals surface area contributed by atoms with Crippen molar-refractivity contribution in [3.8, 4) is 22.5 Å². The first-order chi connectivity index (χ1) is 19.4. The molecule has 2 N–H and O–H groups in total. The van der Waals surface area contributed by atoms with Gasteiger partial charge in [-0.05, 0) is 44.5 Å². The summed E-state index contributed by atoms with van der Waals surface area (Å²) in [6.45, 7) is 5.41. The van der Waals surface area contributed by atoms with Crippen LogP contribution in [0.4, 0.5) is 5.69 Å². The third kappa shape index (κ3) is 5.72. The Hall–Kier alpha value is -4.48. The van der Waals surface area contributed by atoms with Crippen LogP contribution in [0, 0.1) is 13.8 Å². The van der Waals surface area contributed by atoms with E-state index in [1.54, 1.807) is 13.0 Å². The first kappa shape index (κ1) is 28.1. The maximum atomic E-state index is 14.1. The quantitative estimate of drug-likeness (QED) is 0.229. The van der Waals surface area contributed by atoms with Crippen LogP contribution in [-0.2, 0) is 10.0 Å². The Labute approximate surface area is 240 Å². The summed E-state index contributed by atoms with van der Waals surface area (Å²) in [5.74, 6) is -0.106. The molecule has 0 unspecified atom stereocenters. The molecule has 0 saturated heterocycles. The second-order valence-electron chi connectivity index (χ2n) is 9.63. The first-order valence-corrected chi connectivity index (χ1v) is 14.7. The fraction of sp³-hybridized carbons (Fsp3) is 0.172. The second-order valence-corrected chi connectivity index (χ2v) is 11.8.